The fourth-order valence-corrected chi connectivity index (χ4v) is 9.68. The van der Waals surface area contributed by atoms with Crippen molar-refractivity contribution in [3.05, 3.63) is 251 Å². The third kappa shape index (κ3) is 16.1. The second kappa shape index (κ2) is 28.5. The van der Waals surface area contributed by atoms with E-state index in [2.05, 4.69) is 12.1 Å². The molecule has 11 nitrogen and oxygen atoms in total. The largest absolute Gasteiger partial charge is 0.433 e. The molecule has 390 valence electrons. The number of ether oxygens (including phenoxy) is 10. The monoisotopic (exact) mass is 1010 g/mol. The minimum absolute atomic E-state index is 0.217. The van der Waals surface area contributed by atoms with Gasteiger partial charge < -0.3 is 47.4 Å². The first kappa shape index (κ1) is 53.5. The van der Waals surface area contributed by atoms with Crippen LogP contribution >= 0.6 is 0 Å². The summed E-state index contributed by atoms with van der Waals surface area (Å²) in [7, 11) is 0. The van der Waals surface area contributed by atoms with Gasteiger partial charge in [0.05, 0.1) is 65.1 Å². The Labute approximate surface area is 441 Å². The zero-order valence-corrected chi connectivity index (χ0v) is 42.5. The summed E-state index contributed by atoms with van der Waals surface area (Å²) < 4.78 is 68.7. The van der Waals surface area contributed by atoms with Gasteiger partial charge in [-0.25, -0.2) is 0 Å². The van der Waals surface area contributed by atoms with E-state index in [1.54, 1.807) is 0 Å². The molecule has 0 bridgehead atoms. The molecule has 7 aromatic rings. The van der Waals surface area contributed by atoms with E-state index < -0.39 is 67.2 Å². The Kier molecular flexibility index (Phi) is 20.3. The molecule has 2 fully saturated rings. The normalized spacial score (nSPS) is 23.6. The second-order valence-corrected chi connectivity index (χ2v) is 19.0. The molecule has 7 aromatic carbocycles. The van der Waals surface area contributed by atoms with E-state index in [4.69, 9.17) is 47.4 Å². The van der Waals surface area contributed by atoms with Gasteiger partial charge >= 0.3 is 5.97 Å². The van der Waals surface area contributed by atoms with Gasteiger partial charge in [-0.1, -0.05) is 212 Å². The van der Waals surface area contributed by atoms with Crippen molar-refractivity contribution in [2.75, 3.05) is 6.61 Å². The van der Waals surface area contributed by atoms with Crippen LogP contribution in [0.25, 0.3) is 0 Å². The van der Waals surface area contributed by atoms with Gasteiger partial charge in [0.2, 0.25) is 6.29 Å². The van der Waals surface area contributed by atoms with Crippen molar-refractivity contribution < 1.29 is 52.2 Å². The molecule has 2 heterocycles. The molecule has 2 aliphatic rings. The Morgan fingerprint density at radius 2 is 0.600 bits per heavy atom. The molecule has 2 aliphatic heterocycles. The summed E-state index contributed by atoms with van der Waals surface area (Å²) in [4.78, 5) is 13.0. The number of benzene rings is 7. The van der Waals surface area contributed by atoms with Crippen LogP contribution in [0.4, 0.5) is 0 Å². The highest BCUT2D eigenvalue weighted by Gasteiger charge is 2.52. The number of hydrogen-bond acceptors (Lipinski definition) is 11. The van der Waals surface area contributed by atoms with Crippen LogP contribution in [0.3, 0.4) is 0 Å². The topological polar surface area (TPSA) is 109 Å². The number of carbonyl (C=O) groups excluding carboxylic acids is 1. The number of esters is 1. The Morgan fingerprint density at radius 3 is 0.933 bits per heavy atom. The lowest BCUT2D eigenvalue weighted by molar-refractivity contribution is -0.317. The molecule has 0 spiro atoms. The molecule has 9 rings (SSSR count). The van der Waals surface area contributed by atoms with Crippen molar-refractivity contribution in [1.82, 2.24) is 0 Å². The standard InChI is InChI=1S/C64H68O11/c1-47(65)73-64-63(72-45-54-35-21-8-22-36-54)62(71-44-53-33-19-7-20-34-53)59(68-41-50-27-13-4-14-28-50)56(75-64)38-37-55-58(67-40-49-25-11-3-12-26-49)61(70-43-52-31-17-6-18-32-52)60(69-42-51-29-15-5-16-30-51)57(74-55)46-66-39-48-23-9-2-10-24-48/h2-36,55-64H,37-46H2,1H3/t55-,56+,57+,58-,59+,60+,61+,62-,63+,64?/m0/s1. The molecule has 0 saturated carbocycles. The highest BCUT2D eigenvalue weighted by atomic mass is 16.7. The summed E-state index contributed by atoms with van der Waals surface area (Å²) >= 11 is 0. The van der Waals surface area contributed by atoms with Gasteiger partial charge in [-0.15, -0.1) is 0 Å². The van der Waals surface area contributed by atoms with Gasteiger partial charge in [0.25, 0.3) is 0 Å². The molecular weight excluding hydrogens is 945 g/mol. The van der Waals surface area contributed by atoms with Gasteiger partial charge in [-0.05, 0) is 51.8 Å². The predicted molar refractivity (Wildman–Crippen MR) is 285 cm³/mol. The molecule has 0 N–H and O–H groups in total. The highest BCUT2D eigenvalue weighted by Crippen LogP contribution is 2.37. The second-order valence-electron chi connectivity index (χ2n) is 19.0. The molecule has 0 aromatic heterocycles. The van der Waals surface area contributed by atoms with Gasteiger partial charge in [0.15, 0.2) is 0 Å². The summed E-state index contributed by atoms with van der Waals surface area (Å²) in [6.45, 7) is 3.62. The van der Waals surface area contributed by atoms with Gasteiger partial charge in [0, 0.05) is 6.92 Å². The van der Waals surface area contributed by atoms with E-state index in [0.717, 1.165) is 38.9 Å². The summed E-state index contributed by atoms with van der Waals surface area (Å²) in [6, 6.07) is 70.3. The van der Waals surface area contributed by atoms with Gasteiger partial charge in [-0.2, -0.15) is 0 Å². The van der Waals surface area contributed by atoms with E-state index in [0.29, 0.717) is 39.3 Å². The third-order valence-corrected chi connectivity index (χ3v) is 13.4. The van der Waals surface area contributed by atoms with Crippen molar-refractivity contribution in [3.8, 4) is 0 Å². The van der Waals surface area contributed by atoms with E-state index >= 15 is 0 Å². The van der Waals surface area contributed by atoms with Crippen LogP contribution in [0.1, 0.15) is 58.7 Å². The molecular formula is C64H68O11. The third-order valence-electron chi connectivity index (χ3n) is 13.4. The van der Waals surface area contributed by atoms with Crippen LogP contribution in [-0.4, -0.2) is 73.8 Å². The Bertz CT molecular complexity index is 2670. The minimum Gasteiger partial charge on any atom is -0.433 e. The molecule has 10 atom stereocenters. The van der Waals surface area contributed by atoms with Crippen LogP contribution in [0, 0.1) is 0 Å². The highest BCUT2D eigenvalue weighted by molar-refractivity contribution is 5.66. The first-order valence-electron chi connectivity index (χ1n) is 26.1. The maximum absolute atomic E-state index is 13.0. The van der Waals surface area contributed by atoms with E-state index in [-0.39, 0.29) is 26.4 Å². The number of rotatable bonds is 26. The SMILES string of the molecule is CC(=O)OC1O[C@H](CC[C@@H]2O[C@H](COCc3ccccc3)[C@@H](OCc3ccccc3)[C@H](OCc3ccccc3)[C@H]2OCc2ccccc2)[C@@H](OCc2ccccc2)[C@H](OCc2ccccc2)[C@H]1OCc1ccccc1. The van der Waals surface area contributed by atoms with Crippen LogP contribution in [0.2, 0.25) is 0 Å². The average Bonchev–Trinajstić information content (AvgIpc) is 3.46. The first-order valence-corrected chi connectivity index (χ1v) is 26.1. The molecule has 2 saturated heterocycles. The quantitative estimate of drug-likeness (QED) is 0.0484. The van der Waals surface area contributed by atoms with Gasteiger partial charge in [-0.3, -0.25) is 4.79 Å². The van der Waals surface area contributed by atoms with Crippen molar-refractivity contribution in [1.29, 1.82) is 0 Å². The summed E-state index contributed by atoms with van der Waals surface area (Å²) in [5.41, 5.74) is 6.96. The average molecular weight is 1010 g/mol. The molecule has 0 radical (unpaired) electrons. The fraction of sp³-hybridized carbons (Fsp3) is 0.328. The van der Waals surface area contributed by atoms with Gasteiger partial charge in [0.1, 0.15) is 42.7 Å². The summed E-state index contributed by atoms with van der Waals surface area (Å²) in [6.07, 6.45) is -6.37. The zero-order valence-electron chi connectivity index (χ0n) is 42.5. The maximum atomic E-state index is 13.0. The van der Waals surface area contributed by atoms with Crippen molar-refractivity contribution in [2.24, 2.45) is 0 Å². The Hall–Kier alpha value is -6.35. The van der Waals surface area contributed by atoms with Crippen LogP contribution in [0.15, 0.2) is 212 Å². The van der Waals surface area contributed by atoms with Crippen molar-refractivity contribution >= 4 is 5.97 Å². The van der Waals surface area contributed by atoms with Crippen molar-refractivity contribution in [2.45, 2.75) is 127 Å². The zero-order chi connectivity index (χ0) is 51.3. The number of carbonyl (C=O) groups is 1. The van der Waals surface area contributed by atoms with E-state index in [1.807, 2.05) is 200 Å². The molecule has 0 amide bonds. The lowest BCUT2D eigenvalue weighted by Crippen LogP contribution is -2.62. The van der Waals surface area contributed by atoms with Crippen LogP contribution < -0.4 is 0 Å². The van der Waals surface area contributed by atoms with E-state index in [1.165, 1.54) is 6.92 Å². The van der Waals surface area contributed by atoms with E-state index in [9.17, 15) is 4.79 Å². The molecule has 1 unspecified atom stereocenters. The molecule has 0 aliphatic carbocycles. The lowest BCUT2D eigenvalue weighted by Gasteiger charge is -2.48. The van der Waals surface area contributed by atoms with Crippen molar-refractivity contribution in [3.63, 3.8) is 0 Å². The van der Waals surface area contributed by atoms with Crippen LogP contribution in [0.5, 0.6) is 0 Å². The fourth-order valence-electron chi connectivity index (χ4n) is 9.68. The molecule has 75 heavy (non-hydrogen) atoms. The summed E-state index contributed by atoms with van der Waals surface area (Å²) in [5, 5.41) is 0. The molecule has 11 heteroatoms. The maximum Gasteiger partial charge on any atom is 0.305 e. The Balaban J connectivity index is 1.07. The number of hydrogen-bond donors (Lipinski definition) is 0. The first-order chi connectivity index (χ1) is 37.0. The lowest BCUT2D eigenvalue weighted by atomic mass is 9.88. The Morgan fingerprint density at radius 1 is 0.333 bits per heavy atom. The minimum atomic E-state index is -1.14. The smallest absolute Gasteiger partial charge is 0.305 e. The summed E-state index contributed by atoms with van der Waals surface area (Å²) in [5.74, 6) is -0.513. The predicted octanol–water partition coefficient (Wildman–Crippen LogP) is 11.6. The van der Waals surface area contributed by atoms with Crippen LogP contribution in [-0.2, 0) is 98.4 Å².